The van der Waals surface area contributed by atoms with E-state index in [1.54, 1.807) is 19.3 Å². The first kappa shape index (κ1) is 19.9. The van der Waals surface area contributed by atoms with Gasteiger partial charge < -0.3 is 14.8 Å². The number of aliphatic hydroxyl groups excluding tert-OH is 1. The average molecular weight is 400 g/mol. The maximum Gasteiger partial charge on any atom is 0.196 e. The average Bonchev–Trinajstić information content (AvgIpc) is 2.77. The molecule has 4 rings (SSSR count). The quantitative estimate of drug-likeness (QED) is 0.485. The molecular formula is C25H24N2O3. The van der Waals surface area contributed by atoms with Crippen LogP contribution in [0.25, 0.3) is 22.3 Å². The molecule has 152 valence electrons. The first-order valence-electron chi connectivity index (χ1n) is 9.93. The van der Waals surface area contributed by atoms with Crippen LogP contribution in [0.3, 0.4) is 0 Å². The Morgan fingerprint density at radius 2 is 1.93 bits per heavy atom. The lowest BCUT2D eigenvalue weighted by molar-refractivity contribution is 0.282. The van der Waals surface area contributed by atoms with Crippen molar-refractivity contribution < 1.29 is 9.52 Å². The molecule has 0 bridgehead atoms. The Labute approximate surface area is 175 Å². The molecule has 0 unspecified atom stereocenters. The van der Waals surface area contributed by atoms with Gasteiger partial charge in [0.1, 0.15) is 11.3 Å². The lowest BCUT2D eigenvalue weighted by Gasteiger charge is -2.20. The van der Waals surface area contributed by atoms with Crippen molar-refractivity contribution in [2.45, 2.75) is 33.4 Å². The summed E-state index contributed by atoms with van der Waals surface area (Å²) in [4.78, 5) is 17.3. The number of aliphatic hydroxyl groups is 1. The predicted molar refractivity (Wildman–Crippen MR) is 120 cm³/mol. The SMILES string of the molecule is Cc1cc([C@@H](C)Nc2ccccc2CO)c2oc(-c3cccnc3)c(C)c(=O)c2c1. The number of nitrogens with one attached hydrogen (secondary N) is 1. The number of rotatable bonds is 5. The predicted octanol–water partition coefficient (Wildman–Crippen LogP) is 5.14. The number of aryl methyl sites for hydroxylation is 1. The second-order valence-electron chi connectivity index (χ2n) is 7.54. The van der Waals surface area contributed by atoms with Gasteiger partial charge in [0.25, 0.3) is 0 Å². The van der Waals surface area contributed by atoms with Crippen LogP contribution in [0.2, 0.25) is 0 Å². The highest BCUT2D eigenvalue weighted by molar-refractivity contribution is 5.84. The van der Waals surface area contributed by atoms with Crippen molar-refractivity contribution in [3.63, 3.8) is 0 Å². The number of pyridine rings is 1. The Balaban J connectivity index is 1.89. The number of anilines is 1. The molecule has 0 saturated heterocycles. The van der Waals surface area contributed by atoms with E-state index in [-0.39, 0.29) is 18.1 Å². The van der Waals surface area contributed by atoms with Gasteiger partial charge in [-0.25, -0.2) is 0 Å². The Hall–Kier alpha value is -3.44. The van der Waals surface area contributed by atoms with Crippen molar-refractivity contribution in [2.24, 2.45) is 0 Å². The summed E-state index contributed by atoms with van der Waals surface area (Å²) in [6.45, 7) is 5.73. The van der Waals surface area contributed by atoms with Crippen LogP contribution >= 0.6 is 0 Å². The number of hydrogen-bond donors (Lipinski definition) is 2. The molecule has 0 aliphatic rings. The summed E-state index contributed by atoms with van der Waals surface area (Å²) < 4.78 is 6.33. The molecule has 2 heterocycles. The lowest BCUT2D eigenvalue weighted by Crippen LogP contribution is -2.13. The highest BCUT2D eigenvalue weighted by Gasteiger charge is 2.19. The van der Waals surface area contributed by atoms with E-state index in [4.69, 9.17) is 4.42 Å². The van der Waals surface area contributed by atoms with Gasteiger partial charge >= 0.3 is 0 Å². The van der Waals surface area contributed by atoms with Crippen LogP contribution in [0.4, 0.5) is 5.69 Å². The third-order valence-electron chi connectivity index (χ3n) is 5.34. The van der Waals surface area contributed by atoms with Crippen LogP contribution in [0.1, 0.15) is 35.2 Å². The molecule has 1 atom stereocenters. The number of benzene rings is 2. The second kappa shape index (κ2) is 8.13. The fourth-order valence-electron chi connectivity index (χ4n) is 3.77. The van der Waals surface area contributed by atoms with Gasteiger partial charge in [-0.2, -0.15) is 0 Å². The molecule has 4 aromatic rings. The van der Waals surface area contributed by atoms with Crippen LogP contribution < -0.4 is 10.7 Å². The number of nitrogens with zero attached hydrogens (tertiary/aromatic N) is 1. The maximum absolute atomic E-state index is 13.2. The molecule has 2 aromatic carbocycles. The van der Waals surface area contributed by atoms with E-state index in [1.165, 1.54) is 0 Å². The van der Waals surface area contributed by atoms with Crippen molar-refractivity contribution in [3.8, 4) is 11.3 Å². The maximum atomic E-state index is 13.2. The molecule has 5 heteroatoms. The standard InChI is InChI=1S/C25H24N2O3/c1-15-11-20(17(3)27-22-9-5-4-7-19(22)14-28)25-21(12-15)23(29)16(2)24(30-25)18-8-6-10-26-13-18/h4-13,17,27-28H,14H2,1-3H3/t17-/m1/s1. The Morgan fingerprint density at radius 3 is 2.67 bits per heavy atom. The molecule has 0 radical (unpaired) electrons. The molecule has 0 aliphatic carbocycles. The van der Waals surface area contributed by atoms with Crippen molar-refractivity contribution in [3.05, 3.63) is 93.4 Å². The summed E-state index contributed by atoms with van der Waals surface area (Å²) >= 11 is 0. The van der Waals surface area contributed by atoms with Gasteiger partial charge in [-0.3, -0.25) is 9.78 Å². The minimum absolute atomic E-state index is 0.0389. The fourth-order valence-corrected chi connectivity index (χ4v) is 3.77. The number of hydrogen-bond acceptors (Lipinski definition) is 5. The molecule has 2 N–H and O–H groups in total. The number of para-hydroxylation sites is 1. The third kappa shape index (κ3) is 3.60. The Morgan fingerprint density at radius 1 is 1.13 bits per heavy atom. The van der Waals surface area contributed by atoms with Crippen LogP contribution in [-0.2, 0) is 6.61 Å². The van der Waals surface area contributed by atoms with E-state index in [1.807, 2.05) is 62.4 Å². The van der Waals surface area contributed by atoms with Crippen molar-refractivity contribution in [1.29, 1.82) is 0 Å². The Kier molecular flexibility index (Phi) is 5.38. The van der Waals surface area contributed by atoms with Crippen molar-refractivity contribution in [2.75, 3.05) is 5.32 Å². The molecule has 5 nitrogen and oxygen atoms in total. The lowest BCUT2D eigenvalue weighted by atomic mass is 9.99. The highest BCUT2D eigenvalue weighted by atomic mass is 16.3. The van der Waals surface area contributed by atoms with Gasteiger partial charge in [0.2, 0.25) is 0 Å². The van der Waals surface area contributed by atoms with Crippen molar-refractivity contribution in [1.82, 2.24) is 4.98 Å². The van der Waals surface area contributed by atoms with Gasteiger partial charge in [0.15, 0.2) is 5.43 Å². The molecular weight excluding hydrogens is 376 g/mol. The zero-order chi connectivity index (χ0) is 21.3. The van der Waals surface area contributed by atoms with E-state index >= 15 is 0 Å². The van der Waals surface area contributed by atoms with E-state index in [0.717, 1.165) is 27.9 Å². The normalized spacial score (nSPS) is 12.1. The topological polar surface area (TPSA) is 75.4 Å². The fraction of sp³-hybridized carbons (Fsp3) is 0.200. The highest BCUT2D eigenvalue weighted by Crippen LogP contribution is 2.32. The van der Waals surface area contributed by atoms with Crippen LogP contribution in [0, 0.1) is 13.8 Å². The molecule has 0 spiro atoms. The van der Waals surface area contributed by atoms with Gasteiger partial charge in [-0.1, -0.05) is 24.3 Å². The van der Waals surface area contributed by atoms with Gasteiger partial charge in [0, 0.05) is 40.3 Å². The first-order chi connectivity index (χ1) is 14.5. The summed E-state index contributed by atoms with van der Waals surface area (Å²) in [6, 6.07) is 15.1. The molecule has 0 amide bonds. The van der Waals surface area contributed by atoms with E-state index in [9.17, 15) is 9.90 Å². The summed E-state index contributed by atoms with van der Waals surface area (Å²) in [6.07, 6.45) is 3.39. The zero-order valence-corrected chi connectivity index (χ0v) is 17.3. The van der Waals surface area contributed by atoms with Gasteiger partial charge in [-0.15, -0.1) is 0 Å². The van der Waals surface area contributed by atoms with Crippen LogP contribution in [0.15, 0.2) is 70.1 Å². The first-order valence-corrected chi connectivity index (χ1v) is 9.93. The smallest absolute Gasteiger partial charge is 0.196 e. The monoisotopic (exact) mass is 400 g/mol. The number of aromatic nitrogens is 1. The molecule has 0 saturated carbocycles. The molecule has 0 aliphatic heterocycles. The minimum atomic E-state index is -0.146. The summed E-state index contributed by atoms with van der Waals surface area (Å²) in [5, 5.41) is 13.7. The van der Waals surface area contributed by atoms with E-state index in [0.29, 0.717) is 22.3 Å². The van der Waals surface area contributed by atoms with Crippen molar-refractivity contribution >= 4 is 16.7 Å². The van der Waals surface area contributed by atoms with E-state index in [2.05, 4.69) is 10.3 Å². The summed E-state index contributed by atoms with van der Waals surface area (Å²) in [5.74, 6) is 0.536. The molecule has 2 aromatic heterocycles. The van der Waals surface area contributed by atoms with Crippen LogP contribution in [0.5, 0.6) is 0 Å². The zero-order valence-electron chi connectivity index (χ0n) is 17.3. The summed E-state index contributed by atoms with van der Waals surface area (Å²) in [7, 11) is 0. The van der Waals surface area contributed by atoms with Gasteiger partial charge in [-0.05, 0) is 50.6 Å². The largest absolute Gasteiger partial charge is 0.455 e. The minimum Gasteiger partial charge on any atom is -0.455 e. The second-order valence-corrected chi connectivity index (χ2v) is 7.54. The van der Waals surface area contributed by atoms with Gasteiger partial charge in [0.05, 0.1) is 18.0 Å². The summed E-state index contributed by atoms with van der Waals surface area (Å²) in [5.41, 5.74) is 5.41. The Bertz CT molecular complexity index is 1260. The number of fused-ring (bicyclic) bond motifs is 1. The third-order valence-corrected chi connectivity index (χ3v) is 5.34. The molecule has 30 heavy (non-hydrogen) atoms. The van der Waals surface area contributed by atoms with Crippen LogP contribution in [-0.4, -0.2) is 10.1 Å². The molecule has 0 fully saturated rings. The van der Waals surface area contributed by atoms with E-state index < -0.39 is 0 Å².